The van der Waals surface area contributed by atoms with E-state index < -0.39 is 0 Å². The molecule has 0 bridgehead atoms. The van der Waals surface area contributed by atoms with Gasteiger partial charge in [-0.15, -0.1) is 0 Å². The van der Waals surface area contributed by atoms with E-state index in [1.165, 1.54) is 6.20 Å². The highest BCUT2D eigenvalue weighted by atomic mass is 16.3. The van der Waals surface area contributed by atoms with Crippen molar-refractivity contribution in [1.82, 2.24) is 9.97 Å². The largest absolute Gasteiger partial charge is 0.396 e. The molecule has 2 heterocycles. The van der Waals surface area contributed by atoms with Crippen LogP contribution in [0.2, 0.25) is 0 Å². The molecule has 5 heteroatoms. The minimum Gasteiger partial charge on any atom is -0.396 e. The first-order chi connectivity index (χ1) is 7.85. The molecule has 1 saturated heterocycles. The molecule has 0 amide bonds. The molecule has 2 rings (SSSR count). The maximum Gasteiger partial charge on any atom is 0.183 e. The molecule has 1 aliphatic heterocycles. The third-order valence-electron chi connectivity index (χ3n) is 2.91. The number of nitriles is 1. The SMILES string of the molecule is N#Cc1nccnc1N1CCC(CCO)C1. The number of aromatic nitrogens is 2. The lowest BCUT2D eigenvalue weighted by molar-refractivity contribution is 0.263. The fraction of sp³-hybridized carbons (Fsp3) is 0.545. The van der Waals surface area contributed by atoms with Crippen LogP contribution in [-0.2, 0) is 0 Å². The van der Waals surface area contributed by atoms with Gasteiger partial charge in [-0.3, -0.25) is 0 Å². The second kappa shape index (κ2) is 4.90. The van der Waals surface area contributed by atoms with Crippen molar-refractivity contribution in [2.45, 2.75) is 12.8 Å². The van der Waals surface area contributed by atoms with Gasteiger partial charge in [0.15, 0.2) is 11.5 Å². The normalized spacial score (nSPS) is 19.8. The average molecular weight is 218 g/mol. The van der Waals surface area contributed by atoms with Crippen LogP contribution in [-0.4, -0.2) is 34.8 Å². The van der Waals surface area contributed by atoms with Gasteiger partial charge in [0, 0.05) is 32.1 Å². The summed E-state index contributed by atoms with van der Waals surface area (Å²) in [5.41, 5.74) is 0.382. The third-order valence-corrected chi connectivity index (χ3v) is 2.91. The molecule has 0 aliphatic carbocycles. The molecule has 84 valence electrons. The molecule has 1 aromatic rings. The van der Waals surface area contributed by atoms with Gasteiger partial charge in [0.2, 0.25) is 0 Å². The van der Waals surface area contributed by atoms with Crippen molar-refractivity contribution in [2.24, 2.45) is 5.92 Å². The minimum atomic E-state index is 0.226. The lowest BCUT2D eigenvalue weighted by atomic mass is 10.1. The molecule has 1 aliphatic rings. The van der Waals surface area contributed by atoms with E-state index in [0.29, 0.717) is 17.4 Å². The summed E-state index contributed by atoms with van der Waals surface area (Å²) in [6, 6.07) is 2.05. The van der Waals surface area contributed by atoms with Crippen LogP contribution in [0, 0.1) is 17.2 Å². The Morgan fingerprint density at radius 3 is 3.06 bits per heavy atom. The minimum absolute atomic E-state index is 0.226. The number of hydrogen-bond donors (Lipinski definition) is 1. The van der Waals surface area contributed by atoms with Gasteiger partial charge in [-0.25, -0.2) is 9.97 Å². The average Bonchev–Trinajstić information content (AvgIpc) is 2.78. The van der Waals surface area contributed by atoms with Crippen LogP contribution in [0.15, 0.2) is 12.4 Å². The molecule has 5 nitrogen and oxygen atoms in total. The van der Waals surface area contributed by atoms with Crippen LogP contribution in [0.3, 0.4) is 0 Å². The van der Waals surface area contributed by atoms with E-state index in [9.17, 15) is 0 Å². The van der Waals surface area contributed by atoms with Crippen molar-refractivity contribution in [1.29, 1.82) is 5.26 Å². The Hall–Kier alpha value is -1.67. The van der Waals surface area contributed by atoms with Crippen LogP contribution in [0.4, 0.5) is 5.82 Å². The van der Waals surface area contributed by atoms with Crippen molar-refractivity contribution in [3.8, 4) is 6.07 Å². The topological polar surface area (TPSA) is 73.0 Å². The fourth-order valence-corrected chi connectivity index (χ4v) is 2.08. The second-order valence-electron chi connectivity index (χ2n) is 3.95. The molecular weight excluding hydrogens is 204 g/mol. The predicted octanol–water partition coefficient (Wildman–Crippen LogP) is 0.557. The van der Waals surface area contributed by atoms with Crippen LogP contribution in [0.25, 0.3) is 0 Å². The number of hydrogen-bond acceptors (Lipinski definition) is 5. The van der Waals surface area contributed by atoms with Gasteiger partial charge in [0.05, 0.1) is 0 Å². The zero-order valence-electron chi connectivity index (χ0n) is 9.00. The van der Waals surface area contributed by atoms with Crippen LogP contribution >= 0.6 is 0 Å². The first kappa shape index (κ1) is 10.8. The molecule has 16 heavy (non-hydrogen) atoms. The van der Waals surface area contributed by atoms with Gasteiger partial charge in [-0.2, -0.15) is 5.26 Å². The number of nitrogens with zero attached hydrogens (tertiary/aromatic N) is 4. The lowest BCUT2D eigenvalue weighted by Crippen LogP contribution is -2.22. The number of rotatable bonds is 3. The van der Waals surface area contributed by atoms with Gasteiger partial charge >= 0.3 is 0 Å². The first-order valence-electron chi connectivity index (χ1n) is 5.42. The standard InChI is InChI=1S/C11H14N4O/c12-7-10-11(14-4-3-13-10)15-5-1-9(8-15)2-6-16/h3-4,9,16H,1-2,5-6,8H2. The first-order valence-corrected chi connectivity index (χ1v) is 5.42. The monoisotopic (exact) mass is 218 g/mol. The zero-order valence-corrected chi connectivity index (χ0v) is 9.00. The highest BCUT2D eigenvalue weighted by molar-refractivity contribution is 5.50. The van der Waals surface area contributed by atoms with E-state index in [-0.39, 0.29) is 6.61 Å². The van der Waals surface area contributed by atoms with E-state index in [1.54, 1.807) is 6.20 Å². The van der Waals surface area contributed by atoms with E-state index in [4.69, 9.17) is 10.4 Å². The van der Waals surface area contributed by atoms with Crippen LogP contribution < -0.4 is 4.90 Å². The lowest BCUT2D eigenvalue weighted by Gasteiger charge is -2.17. The summed E-state index contributed by atoms with van der Waals surface area (Å²) in [5.74, 6) is 1.17. The van der Waals surface area contributed by atoms with Crippen molar-refractivity contribution in [2.75, 3.05) is 24.6 Å². The van der Waals surface area contributed by atoms with Crippen molar-refractivity contribution >= 4 is 5.82 Å². The Morgan fingerprint density at radius 1 is 1.50 bits per heavy atom. The molecule has 1 atom stereocenters. The molecule has 0 saturated carbocycles. The van der Waals surface area contributed by atoms with Gasteiger partial charge in [-0.05, 0) is 18.8 Å². The second-order valence-corrected chi connectivity index (χ2v) is 3.95. The Bertz CT molecular complexity index is 401. The summed E-state index contributed by atoms with van der Waals surface area (Å²) in [5, 5.41) is 17.8. The molecule has 1 aromatic heterocycles. The van der Waals surface area contributed by atoms with Crippen LogP contribution in [0.1, 0.15) is 18.5 Å². The number of aliphatic hydroxyl groups excluding tert-OH is 1. The van der Waals surface area contributed by atoms with Crippen molar-refractivity contribution < 1.29 is 5.11 Å². The van der Waals surface area contributed by atoms with Crippen LogP contribution in [0.5, 0.6) is 0 Å². The molecular formula is C11H14N4O. The Kier molecular flexibility index (Phi) is 3.32. The summed E-state index contributed by atoms with van der Waals surface area (Å²) in [7, 11) is 0. The van der Waals surface area contributed by atoms with E-state index >= 15 is 0 Å². The zero-order chi connectivity index (χ0) is 11.4. The smallest absolute Gasteiger partial charge is 0.183 e. The van der Waals surface area contributed by atoms with Gasteiger partial charge in [0.25, 0.3) is 0 Å². The summed E-state index contributed by atoms with van der Waals surface area (Å²) in [6.07, 6.45) is 5.00. The molecule has 1 fully saturated rings. The number of anilines is 1. The Morgan fingerprint density at radius 2 is 2.31 bits per heavy atom. The summed E-state index contributed by atoms with van der Waals surface area (Å²) in [4.78, 5) is 10.3. The van der Waals surface area contributed by atoms with Crippen molar-refractivity contribution in [3.63, 3.8) is 0 Å². The number of aliphatic hydroxyl groups is 1. The quantitative estimate of drug-likeness (QED) is 0.802. The van der Waals surface area contributed by atoms with Crippen molar-refractivity contribution in [3.05, 3.63) is 18.1 Å². The fourth-order valence-electron chi connectivity index (χ4n) is 2.08. The van der Waals surface area contributed by atoms with Gasteiger partial charge in [0.1, 0.15) is 6.07 Å². The van der Waals surface area contributed by atoms with E-state index in [0.717, 1.165) is 25.9 Å². The molecule has 0 aromatic carbocycles. The summed E-state index contributed by atoms with van der Waals surface area (Å²) < 4.78 is 0. The highest BCUT2D eigenvalue weighted by Crippen LogP contribution is 2.25. The predicted molar refractivity (Wildman–Crippen MR) is 58.8 cm³/mol. The maximum absolute atomic E-state index is 8.93. The Balaban J connectivity index is 2.12. The van der Waals surface area contributed by atoms with Gasteiger partial charge in [-0.1, -0.05) is 0 Å². The molecule has 0 spiro atoms. The highest BCUT2D eigenvalue weighted by Gasteiger charge is 2.24. The molecule has 0 radical (unpaired) electrons. The van der Waals surface area contributed by atoms with Gasteiger partial charge < -0.3 is 10.0 Å². The molecule has 1 unspecified atom stereocenters. The van der Waals surface area contributed by atoms with E-state index in [2.05, 4.69) is 20.9 Å². The molecule has 1 N–H and O–H groups in total. The van der Waals surface area contributed by atoms with E-state index in [1.807, 2.05) is 0 Å². The third kappa shape index (κ3) is 2.12. The summed E-state index contributed by atoms with van der Waals surface area (Å²) in [6.45, 7) is 1.97. The Labute approximate surface area is 94.4 Å². The summed E-state index contributed by atoms with van der Waals surface area (Å²) >= 11 is 0. The maximum atomic E-state index is 8.93.